The second-order valence-corrected chi connectivity index (χ2v) is 6.46. The Balaban J connectivity index is 1.92. The van der Waals surface area contributed by atoms with E-state index in [0.29, 0.717) is 12.0 Å². The first-order valence-corrected chi connectivity index (χ1v) is 7.50. The zero-order chi connectivity index (χ0) is 11.5. The third-order valence-electron chi connectivity index (χ3n) is 2.85. The highest BCUT2D eigenvalue weighted by molar-refractivity contribution is 8.14. The molecule has 1 aliphatic heterocycles. The summed E-state index contributed by atoms with van der Waals surface area (Å²) in [4.78, 5) is 6.02. The average molecular weight is 254 g/mol. The van der Waals surface area contributed by atoms with E-state index < -0.39 is 0 Å². The van der Waals surface area contributed by atoms with Crippen molar-refractivity contribution in [2.45, 2.75) is 33.4 Å². The van der Waals surface area contributed by atoms with E-state index in [1.165, 1.54) is 10.4 Å². The van der Waals surface area contributed by atoms with Crippen molar-refractivity contribution in [2.24, 2.45) is 10.9 Å². The predicted molar refractivity (Wildman–Crippen MR) is 74.4 cm³/mol. The Bertz CT molecular complexity index is 382. The number of hydrogen-bond acceptors (Lipinski definition) is 3. The fraction of sp³-hybridized carbons (Fsp3) is 0.583. The molecule has 2 nitrogen and oxygen atoms in total. The van der Waals surface area contributed by atoms with E-state index in [9.17, 15) is 0 Å². The first-order valence-electron chi connectivity index (χ1n) is 5.63. The number of thioether (sulfide) groups is 1. The number of nitrogens with one attached hydrogen (secondary N) is 1. The van der Waals surface area contributed by atoms with Crippen LogP contribution in [-0.2, 0) is 6.54 Å². The molecule has 0 bridgehead atoms. The summed E-state index contributed by atoms with van der Waals surface area (Å²) in [6, 6.07) is 2.75. The van der Waals surface area contributed by atoms with Gasteiger partial charge in [-0.05, 0) is 29.9 Å². The Kier molecular flexibility index (Phi) is 3.92. The van der Waals surface area contributed by atoms with Gasteiger partial charge >= 0.3 is 0 Å². The average Bonchev–Trinajstić information content (AvgIpc) is 2.83. The van der Waals surface area contributed by atoms with Crippen molar-refractivity contribution < 1.29 is 0 Å². The lowest BCUT2D eigenvalue weighted by molar-refractivity contribution is 0.503. The fourth-order valence-corrected chi connectivity index (χ4v) is 3.60. The standard InChI is InChI=1S/C12H18N2S2/c1-8(2)10-7-16-12(14-10)13-6-11-9(3)4-5-15-11/h4-5,8,10H,6-7H2,1-3H3,(H,13,14). The van der Waals surface area contributed by atoms with Gasteiger partial charge in [0.15, 0.2) is 5.17 Å². The van der Waals surface area contributed by atoms with E-state index in [1.807, 2.05) is 11.8 Å². The largest absolute Gasteiger partial charge is 0.361 e. The number of aryl methyl sites for hydroxylation is 1. The molecule has 1 fully saturated rings. The number of hydrogen-bond donors (Lipinski definition) is 1. The van der Waals surface area contributed by atoms with Crippen LogP contribution >= 0.6 is 23.1 Å². The molecule has 1 N–H and O–H groups in total. The molecule has 16 heavy (non-hydrogen) atoms. The molecule has 1 unspecified atom stereocenters. The van der Waals surface area contributed by atoms with Gasteiger partial charge in [-0.3, -0.25) is 4.99 Å². The topological polar surface area (TPSA) is 24.4 Å². The molecule has 2 rings (SSSR count). The summed E-state index contributed by atoms with van der Waals surface area (Å²) < 4.78 is 0. The summed E-state index contributed by atoms with van der Waals surface area (Å²) in [6.07, 6.45) is 0. The van der Waals surface area contributed by atoms with Crippen molar-refractivity contribution in [1.82, 2.24) is 5.32 Å². The zero-order valence-corrected chi connectivity index (χ0v) is 11.6. The number of rotatable bonds is 3. The molecule has 0 aliphatic carbocycles. The minimum atomic E-state index is 0.591. The van der Waals surface area contributed by atoms with Gasteiger partial charge in [-0.2, -0.15) is 0 Å². The van der Waals surface area contributed by atoms with Crippen molar-refractivity contribution in [3.8, 4) is 0 Å². The van der Waals surface area contributed by atoms with Gasteiger partial charge in [0.25, 0.3) is 0 Å². The second-order valence-electron chi connectivity index (χ2n) is 4.45. The molecule has 88 valence electrons. The maximum atomic E-state index is 4.64. The molecule has 1 atom stereocenters. The van der Waals surface area contributed by atoms with Crippen molar-refractivity contribution in [2.75, 3.05) is 5.75 Å². The lowest BCUT2D eigenvalue weighted by Gasteiger charge is -2.12. The van der Waals surface area contributed by atoms with Gasteiger partial charge in [0, 0.05) is 16.7 Å². The van der Waals surface area contributed by atoms with E-state index in [1.54, 1.807) is 11.3 Å². The van der Waals surface area contributed by atoms with Crippen LogP contribution in [0.2, 0.25) is 0 Å². The van der Waals surface area contributed by atoms with Gasteiger partial charge in [-0.1, -0.05) is 25.6 Å². The minimum Gasteiger partial charge on any atom is -0.361 e. The lowest BCUT2D eigenvalue weighted by Crippen LogP contribution is -2.31. The number of thiophene rings is 1. The van der Waals surface area contributed by atoms with Gasteiger partial charge in [0.05, 0.1) is 6.54 Å². The number of amidine groups is 1. The lowest BCUT2D eigenvalue weighted by atomic mass is 10.1. The monoisotopic (exact) mass is 254 g/mol. The van der Waals surface area contributed by atoms with E-state index in [2.05, 4.69) is 42.5 Å². The Morgan fingerprint density at radius 1 is 1.56 bits per heavy atom. The van der Waals surface area contributed by atoms with Gasteiger partial charge in [0.1, 0.15) is 0 Å². The molecular weight excluding hydrogens is 236 g/mol. The normalized spacial score (nSPS) is 23.0. The smallest absolute Gasteiger partial charge is 0.157 e. The number of nitrogens with zero attached hydrogens (tertiary/aromatic N) is 1. The maximum absolute atomic E-state index is 4.64. The Morgan fingerprint density at radius 3 is 2.94 bits per heavy atom. The van der Waals surface area contributed by atoms with Crippen LogP contribution in [0.1, 0.15) is 24.3 Å². The van der Waals surface area contributed by atoms with E-state index in [0.717, 1.165) is 17.5 Å². The van der Waals surface area contributed by atoms with E-state index in [4.69, 9.17) is 0 Å². The fourth-order valence-electron chi connectivity index (χ4n) is 1.57. The first kappa shape index (κ1) is 12.0. The minimum absolute atomic E-state index is 0.591. The molecule has 1 aromatic rings. The molecule has 4 heteroatoms. The SMILES string of the molecule is Cc1ccsc1CN=C1NC(C(C)C)CS1. The van der Waals surface area contributed by atoms with Crippen LogP contribution in [0.25, 0.3) is 0 Å². The van der Waals surface area contributed by atoms with Crippen molar-refractivity contribution in [1.29, 1.82) is 0 Å². The molecule has 0 aromatic carbocycles. The van der Waals surface area contributed by atoms with Crippen molar-refractivity contribution >= 4 is 28.3 Å². The van der Waals surface area contributed by atoms with Gasteiger partial charge in [-0.25, -0.2) is 0 Å². The van der Waals surface area contributed by atoms with Crippen LogP contribution in [0.15, 0.2) is 16.4 Å². The van der Waals surface area contributed by atoms with E-state index >= 15 is 0 Å². The van der Waals surface area contributed by atoms with Crippen LogP contribution < -0.4 is 5.32 Å². The molecule has 0 amide bonds. The van der Waals surface area contributed by atoms with Crippen molar-refractivity contribution in [3.63, 3.8) is 0 Å². The first-order chi connectivity index (χ1) is 7.66. The Labute approximate surface area is 106 Å². The maximum Gasteiger partial charge on any atom is 0.157 e. The van der Waals surface area contributed by atoms with E-state index in [-0.39, 0.29) is 0 Å². The molecule has 0 saturated carbocycles. The van der Waals surface area contributed by atoms with Gasteiger partial charge < -0.3 is 5.32 Å². The quantitative estimate of drug-likeness (QED) is 0.895. The molecule has 2 heterocycles. The van der Waals surface area contributed by atoms with Crippen LogP contribution in [-0.4, -0.2) is 17.0 Å². The Hall–Kier alpha value is -0.480. The molecule has 0 radical (unpaired) electrons. The summed E-state index contributed by atoms with van der Waals surface area (Å²) >= 11 is 3.65. The highest BCUT2D eigenvalue weighted by Crippen LogP contribution is 2.21. The summed E-state index contributed by atoms with van der Waals surface area (Å²) in [5.74, 6) is 1.84. The highest BCUT2D eigenvalue weighted by Gasteiger charge is 2.22. The second kappa shape index (κ2) is 5.23. The van der Waals surface area contributed by atoms with Gasteiger partial charge in [-0.15, -0.1) is 11.3 Å². The third kappa shape index (κ3) is 2.80. The van der Waals surface area contributed by atoms with Gasteiger partial charge in [0.2, 0.25) is 0 Å². The highest BCUT2D eigenvalue weighted by atomic mass is 32.2. The number of aliphatic imine (C=N–C) groups is 1. The van der Waals surface area contributed by atoms with Crippen LogP contribution in [0, 0.1) is 12.8 Å². The Morgan fingerprint density at radius 2 is 2.38 bits per heavy atom. The molecule has 1 aliphatic rings. The molecule has 1 aromatic heterocycles. The zero-order valence-electron chi connectivity index (χ0n) is 9.99. The summed E-state index contributed by atoms with van der Waals surface area (Å²) in [5.41, 5.74) is 1.36. The molecule has 1 saturated heterocycles. The van der Waals surface area contributed by atoms with Crippen LogP contribution in [0.4, 0.5) is 0 Å². The van der Waals surface area contributed by atoms with Crippen molar-refractivity contribution in [3.05, 3.63) is 21.9 Å². The molecule has 0 spiro atoms. The van der Waals surface area contributed by atoms with Crippen LogP contribution in [0.5, 0.6) is 0 Å². The summed E-state index contributed by atoms with van der Waals surface area (Å²) in [5, 5.41) is 6.74. The summed E-state index contributed by atoms with van der Waals surface area (Å²) in [7, 11) is 0. The third-order valence-corrected chi connectivity index (χ3v) is 4.90. The molecular formula is C12H18N2S2. The predicted octanol–water partition coefficient (Wildman–Crippen LogP) is 3.27. The van der Waals surface area contributed by atoms with Crippen LogP contribution in [0.3, 0.4) is 0 Å². The summed E-state index contributed by atoms with van der Waals surface area (Å²) in [6.45, 7) is 7.48.